The number of carbonyl (C=O) groups excluding carboxylic acids is 2. The van der Waals surface area contributed by atoms with E-state index in [1.54, 1.807) is 13.0 Å². The van der Waals surface area contributed by atoms with Gasteiger partial charge in [0, 0.05) is 24.4 Å². The Morgan fingerprint density at radius 1 is 1.25 bits per heavy atom. The largest absolute Gasteiger partial charge is 0.465 e. The van der Waals surface area contributed by atoms with E-state index in [9.17, 15) is 9.59 Å². The zero-order valence-corrected chi connectivity index (χ0v) is 18.9. The molecule has 2 aliphatic rings. The zero-order chi connectivity index (χ0) is 22.7. The van der Waals surface area contributed by atoms with Crippen molar-refractivity contribution in [2.75, 3.05) is 26.2 Å². The predicted octanol–water partition coefficient (Wildman–Crippen LogP) is 3.56. The molecule has 0 unspecified atom stereocenters. The Balaban J connectivity index is 1.41. The summed E-state index contributed by atoms with van der Waals surface area (Å²) in [5.41, 5.74) is 2.45. The lowest BCUT2D eigenvalue weighted by Crippen LogP contribution is -2.48. The van der Waals surface area contributed by atoms with Crippen molar-refractivity contribution in [3.8, 4) is 6.07 Å². The summed E-state index contributed by atoms with van der Waals surface area (Å²) >= 11 is 0. The minimum Gasteiger partial charge on any atom is -0.465 e. The zero-order valence-electron chi connectivity index (χ0n) is 18.9. The Hall–Kier alpha value is -2.85. The molecule has 1 aromatic carbocycles. The van der Waals surface area contributed by atoms with E-state index in [0.29, 0.717) is 12.2 Å². The molecule has 1 aromatic heterocycles. The number of amides is 1. The van der Waals surface area contributed by atoms with Gasteiger partial charge in [-0.1, -0.05) is 0 Å². The van der Waals surface area contributed by atoms with Gasteiger partial charge in [0.05, 0.1) is 30.8 Å². The Morgan fingerprint density at radius 2 is 2.06 bits per heavy atom. The number of fused-ring (bicyclic) bond motifs is 1. The van der Waals surface area contributed by atoms with Gasteiger partial charge in [-0.2, -0.15) is 5.26 Å². The molecule has 4 rings (SSSR count). The standard InChI is InChI=1S/C25H31N3O4/c1-3-31-24(29)16-27-12-5-7-21(27)25(30)28-13-4-6-19(28)9-11-22-17(2)20-10-8-18(15-26)14-23(20)32-22/h8,10,14,19,21H,3-7,9,11-13,16H2,1-2H3/t19-,21+/m0/s1. The van der Waals surface area contributed by atoms with Crippen molar-refractivity contribution >= 4 is 22.8 Å². The number of hydrogen-bond acceptors (Lipinski definition) is 6. The first-order valence-electron chi connectivity index (χ1n) is 11.6. The number of nitrogens with zero attached hydrogens (tertiary/aromatic N) is 3. The SMILES string of the molecule is CCOC(=O)CN1CCC[C@@H]1C(=O)N1CCC[C@H]1CCc1oc2cc(C#N)ccc2c1C. The molecule has 0 saturated carbocycles. The maximum Gasteiger partial charge on any atom is 0.320 e. The summed E-state index contributed by atoms with van der Waals surface area (Å²) in [7, 11) is 0. The fraction of sp³-hybridized carbons (Fsp3) is 0.560. The van der Waals surface area contributed by atoms with Gasteiger partial charge in [-0.25, -0.2) is 0 Å². The van der Waals surface area contributed by atoms with Crippen molar-refractivity contribution in [1.29, 1.82) is 5.26 Å². The van der Waals surface area contributed by atoms with Crippen molar-refractivity contribution in [2.45, 2.75) is 64.5 Å². The average Bonchev–Trinajstić information content (AvgIpc) is 3.51. The minimum absolute atomic E-state index is 0.147. The molecule has 2 saturated heterocycles. The highest BCUT2D eigenvalue weighted by atomic mass is 16.5. The highest BCUT2D eigenvalue weighted by molar-refractivity contribution is 5.84. The van der Waals surface area contributed by atoms with Crippen LogP contribution >= 0.6 is 0 Å². The van der Waals surface area contributed by atoms with E-state index in [0.717, 1.165) is 73.9 Å². The fourth-order valence-electron chi connectivity index (χ4n) is 5.17. The van der Waals surface area contributed by atoms with E-state index < -0.39 is 0 Å². The highest BCUT2D eigenvalue weighted by Crippen LogP contribution is 2.30. The van der Waals surface area contributed by atoms with E-state index in [-0.39, 0.29) is 30.5 Å². The number of carbonyl (C=O) groups is 2. The van der Waals surface area contributed by atoms with Gasteiger partial charge in [-0.3, -0.25) is 14.5 Å². The third-order valence-corrected chi connectivity index (χ3v) is 6.82. The van der Waals surface area contributed by atoms with Crippen molar-refractivity contribution in [3.05, 3.63) is 35.1 Å². The molecule has 2 atom stereocenters. The molecule has 2 aromatic rings. The summed E-state index contributed by atoms with van der Waals surface area (Å²) in [4.78, 5) is 29.3. The van der Waals surface area contributed by atoms with Crippen LogP contribution in [0.4, 0.5) is 0 Å². The number of esters is 1. The summed E-state index contributed by atoms with van der Waals surface area (Å²) in [5, 5.41) is 10.2. The van der Waals surface area contributed by atoms with Crippen LogP contribution in [0.15, 0.2) is 22.6 Å². The Morgan fingerprint density at radius 3 is 2.84 bits per heavy atom. The molecule has 2 aliphatic heterocycles. The molecular weight excluding hydrogens is 406 g/mol. The molecule has 2 fully saturated rings. The van der Waals surface area contributed by atoms with E-state index in [1.807, 2.05) is 21.9 Å². The molecule has 7 heteroatoms. The maximum atomic E-state index is 13.4. The Labute approximate surface area is 188 Å². The lowest BCUT2D eigenvalue weighted by molar-refractivity contribution is -0.146. The number of aryl methyl sites for hydroxylation is 2. The first-order chi connectivity index (χ1) is 15.5. The van der Waals surface area contributed by atoms with E-state index in [1.165, 1.54) is 0 Å². The molecule has 1 amide bonds. The number of ether oxygens (including phenoxy) is 1. The van der Waals surface area contributed by atoms with E-state index >= 15 is 0 Å². The summed E-state index contributed by atoms with van der Waals surface area (Å²) in [6.07, 6.45) is 5.33. The van der Waals surface area contributed by atoms with Crippen LogP contribution in [0.1, 0.15) is 55.9 Å². The minimum atomic E-state index is -0.259. The summed E-state index contributed by atoms with van der Waals surface area (Å²) in [5.74, 6) is 0.818. The van der Waals surface area contributed by atoms with Crippen LogP contribution in [0.3, 0.4) is 0 Å². The van der Waals surface area contributed by atoms with Crippen molar-refractivity contribution < 1.29 is 18.7 Å². The van der Waals surface area contributed by atoms with Gasteiger partial charge in [0.15, 0.2) is 0 Å². The second-order valence-corrected chi connectivity index (χ2v) is 8.77. The number of rotatable bonds is 7. The van der Waals surface area contributed by atoms with Crippen LogP contribution in [-0.4, -0.2) is 60.0 Å². The van der Waals surface area contributed by atoms with Gasteiger partial charge < -0.3 is 14.1 Å². The van der Waals surface area contributed by atoms with Gasteiger partial charge in [0.2, 0.25) is 5.91 Å². The highest BCUT2D eigenvalue weighted by Gasteiger charge is 2.38. The average molecular weight is 438 g/mol. The number of hydrogen-bond donors (Lipinski definition) is 0. The van der Waals surface area contributed by atoms with Crippen LogP contribution < -0.4 is 0 Å². The monoisotopic (exact) mass is 437 g/mol. The molecular formula is C25H31N3O4. The number of benzene rings is 1. The molecule has 0 radical (unpaired) electrons. The van der Waals surface area contributed by atoms with E-state index in [4.69, 9.17) is 14.4 Å². The number of nitriles is 1. The lowest BCUT2D eigenvalue weighted by Gasteiger charge is -2.31. The van der Waals surface area contributed by atoms with Crippen molar-refractivity contribution in [1.82, 2.24) is 9.80 Å². The van der Waals surface area contributed by atoms with Crippen LogP contribution in [0.25, 0.3) is 11.0 Å². The Kier molecular flexibility index (Phi) is 6.80. The molecule has 0 bridgehead atoms. The second kappa shape index (κ2) is 9.74. The van der Waals surface area contributed by atoms with Gasteiger partial charge in [0.25, 0.3) is 0 Å². The molecule has 0 N–H and O–H groups in total. The molecule has 0 aliphatic carbocycles. The fourth-order valence-corrected chi connectivity index (χ4v) is 5.17. The van der Waals surface area contributed by atoms with Gasteiger partial charge in [-0.15, -0.1) is 0 Å². The van der Waals surface area contributed by atoms with Gasteiger partial charge in [0.1, 0.15) is 11.3 Å². The smallest absolute Gasteiger partial charge is 0.320 e. The second-order valence-electron chi connectivity index (χ2n) is 8.77. The van der Waals surface area contributed by atoms with E-state index in [2.05, 4.69) is 13.0 Å². The van der Waals surface area contributed by atoms with Gasteiger partial charge in [-0.05, 0) is 76.3 Å². The van der Waals surface area contributed by atoms with Crippen LogP contribution in [0, 0.1) is 18.3 Å². The normalized spacial score (nSPS) is 21.2. The molecule has 32 heavy (non-hydrogen) atoms. The molecule has 3 heterocycles. The summed E-state index contributed by atoms with van der Waals surface area (Å²) in [6, 6.07) is 7.67. The maximum absolute atomic E-state index is 13.4. The summed E-state index contributed by atoms with van der Waals surface area (Å²) < 4.78 is 11.1. The van der Waals surface area contributed by atoms with Crippen molar-refractivity contribution in [2.24, 2.45) is 0 Å². The van der Waals surface area contributed by atoms with Crippen LogP contribution in [0.2, 0.25) is 0 Å². The quantitative estimate of drug-likeness (QED) is 0.616. The predicted molar refractivity (Wildman–Crippen MR) is 120 cm³/mol. The van der Waals surface area contributed by atoms with Crippen molar-refractivity contribution in [3.63, 3.8) is 0 Å². The summed E-state index contributed by atoms with van der Waals surface area (Å²) in [6.45, 7) is 5.93. The number of furan rings is 1. The third kappa shape index (κ3) is 4.51. The topological polar surface area (TPSA) is 86.8 Å². The molecule has 170 valence electrons. The molecule has 7 nitrogen and oxygen atoms in total. The van der Waals surface area contributed by atoms with Gasteiger partial charge >= 0.3 is 5.97 Å². The van der Waals surface area contributed by atoms with Crippen LogP contribution in [0.5, 0.6) is 0 Å². The molecule has 0 spiro atoms. The first-order valence-corrected chi connectivity index (χ1v) is 11.6. The lowest BCUT2D eigenvalue weighted by atomic mass is 10.0. The van der Waals surface area contributed by atoms with Crippen LogP contribution in [-0.2, 0) is 20.7 Å². The Bertz CT molecular complexity index is 1040. The third-order valence-electron chi connectivity index (χ3n) is 6.82. The number of likely N-dealkylation sites (tertiary alicyclic amines) is 2. The first kappa shape index (κ1) is 22.3.